The van der Waals surface area contributed by atoms with E-state index in [0.717, 1.165) is 67.6 Å². The summed E-state index contributed by atoms with van der Waals surface area (Å²) in [6.07, 6.45) is 2.01. The van der Waals surface area contributed by atoms with Crippen LogP contribution in [-0.2, 0) is 6.42 Å². The molecule has 1 N–H and O–H groups in total. The van der Waals surface area contributed by atoms with Gasteiger partial charge in [0, 0.05) is 44.0 Å². The van der Waals surface area contributed by atoms with Gasteiger partial charge >= 0.3 is 0 Å². The minimum atomic E-state index is 0.729. The van der Waals surface area contributed by atoms with Crippen LogP contribution in [0.3, 0.4) is 0 Å². The average Bonchev–Trinajstić information content (AvgIpc) is 2.96. The molecule has 0 spiro atoms. The standard InChI is InChI=1S/C20H25N5OS/c1-3-16-6-4-7-19(21-16)23-27-25-11-5-10-24(12-13-25)20-22-17-14-15(2)8-9-18(17)26-20/h4,6-9,14H,3,5,10-13H2,1-2H3,(H,21,23). The number of anilines is 2. The molecule has 1 saturated heterocycles. The van der Waals surface area contributed by atoms with Crippen molar-refractivity contribution in [1.29, 1.82) is 0 Å². The Morgan fingerprint density at radius 1 is 1.11 bits per heavy atom. The maximum atomic E-state index is 5.97. The van der Waals surface area contributed by atoms with Gasteiger partial charge in [0.05, 0.1) is 0 Å². The maximum absolute atomic E-state index is 5.97. The van der Waals surface area contributed by atoms with Crippen LogP contribution in [0.1, 0.15) is 24.6 Å². The van der Waals surface area contributed by atoms with Crippen molar-refractivity contribution in [1.82, 2.24) is 14.3 Å². The minimum absolute atomic E-state index is 0.729. The molecular formula is C20H25N5OS. The monoisotopic (exact) mass is 383 g/mol. The number of fused-ring (bicyclic) bond motifs is 1. The molecular weight excluding hydrogens is 358 g/mol. The zero-order valence-corrected chi connectivity index (χ0v) is 16.6. The van der Waals surface area contributed by atoms with Gasteiger partial charge in [-0.1, -0.05) is 19.1 Å². The molecule has 0 saturated carbocycles. The smallest absolute Gasteiger partial charge is 0.298 e. The topological polar surface area (TPSA) is 57.4 Å². The average molecular weight is 384 g/mol. The zero-order valence-electron chi connectivity index (χ0n) is 15.8. The van der Waals surface area contributed by atoms with Gasteiger partial charge in [-0.05, 0) is 49.6 Å². The molecule has 2 aromatic heterocycles. The van der Waals surface area contributed by atoms with Crippen LogP contribution in [0.15, 0.2) is 40.8 Å². The summed E-state index contributed by atoms with van der Waals surface area (Å²) in [6, 6.07) is 13.0. The van der Waals surface area contributed by atoms with Crippen LogP contribution in [-0.4, -0.2) is 40.5 Å². The van der Waals surface area contributed by atoms with E-state index >= 15 is 0 Å². The number of hydrogen-bond donors (Lipinski definition) is 1. The molecule has 4 rings (SSSR count). The van der Waals surface area contributed by atoms with Gasteiger partial charge < -0.3 is 14.0 Å². The lowest BCUT2D eigenvalue weighted by Crippen LogP contribution is -2.28. The van der Waals surface area contributed by atoms with Crippen molar-refractivity contribution in [2.75, 3.05) is 35.8 Å². The van der Waals surface area contributed by atoms with Crippen molar-refractivity contribution in [2.45, 2.75) is 26.7 Å². The molecule has 1 aromatic carbocycles. The first kappa shape index (κ1) is 18.1. The summed E-state index contributed by atoms with van der Waals surface area (Å²) >= 11 is 1.63. The molecule has 7 heteroatoms. The van der Waals surface area contributed by atoms with Gasteiger partial charge in [0.25, 0.3) is 6.01 Å². The molecule has 0 amide bonds. The summed E-state index contributed by atoms with van der Waals surface area (Å²) in [5, 5.41) is 0. The molecule has 3 aromatic rings. The van der Waals surface area contributed by atoms with Gasteiger partial charge in [-0.2, -0.15) is 4.98 Å². The Bertz CT molecular complexity index is 912. The Morgan fingerprint density at radius 3 is 2.93 bits per heavy atom. The quantitative estimate of drug-likeness (QED) is 0.660. The van der Waals surface area contributed by atoms with E-state index < -0.39 is 0 Å². The number of aromatic nitrogens is 2. The number of benzene rings is 1. The van der Waals surface area contributed by atoms with E-state index in [0.29, 0.717) is 0 Å². The number of nitrogens with zero attached hydrogens (tertiary/aromatic N) is 4. The van der Waals surface area contributed by atoms with E-state index in [4.69, 9.17) is 4.42 Å². The van der Waals surface area contributed by atoms with Gasteiger partial charge in [0.2, 0.25) is 0 Å². The molecule has 0 radical (unpaired) electrons. The third kappa shape index (κ3) is 4.36. The van der Waals surface area contributed by atoms with Crippen molar-refractivity contribution in [3.8, 4) is 0 Å². The first-order chi connectivity index (χ1) is 13.2. The Labute approximate surface area is 164 Å². The molecule has 1 aliphatic rings. The van der Waals surface area contributed by atoms with E-state index in [1.54, 1.807) is 12.1 Å². The van der Waals surface area contributed by atoms with Crippen LogP contribution in [0.5, 0.6) is 0 Å². The molecule has 3 heterocycles. The van der Waals surface area contributed by atoms with Crippen molar-refractivity contribution in [3.05, 3.63) is 47.7 Å². The molecule has 0 atom stereocenters. The van der Waals surface area contributed by atoms with Crippen LogP contribution < -0.4 is 9.62 Å². The summed E-state index contributed by atoms with van der Waals surface area (Å²) in [5.74, 6) is 0.912. The third-order valence-electron chi connectivity index (χ3n) is 4.71. The molecule has 0 aliphatic carbocycles. The van der Waals surface area contributed by atoms with E-state index in [-0.39, 0.29) is 0 Å². The summed E-state index contributed by atoms with van der Waals surface area (Å²) < 4.78 is 11.7. The summed E-state index contributed by atoms with van der Waals surface area (Å²) in [5.41, 5.74) is 4.10. The summed E-state index contributed by atoms with van der Waals surface area (Å²) in [6.45, 7) is 7.99. The Hall–Kier alpha value is -2.25. The normalized spacial score (nSPS) is 15.9. The highest BCUT2D eigenvalue weighted by Crippen LogP contribution is 2.25. The molecule has 6 nitrogen and oxygen atoms in total. The van der Waals surface area contributed by atoms with Gasteiger partial charge in [-0.3, -0.25) is 0 Å². The number of hydrogen-bond acceptors (Lipinski definition) is 7. The lowest BCUT2D eigenvalue weighted by Gasteiger charge is -2.20. The molecule has 0 bridgehead atoms. The van der Waals surface area contributed by atoms with E-state index in [1.165, 1.54) is 5.56 Å². The molecule has 27 heavy (non-hydrogen) atoms. The largest absolute Gasteiger partial charge is 0.423 e. The second-order valence-electron chi connectivity index (χ2n) is 6.80. The fraction of sp³-hybridized carbons (Fsp3) is 0.400. The number of rotatable bonds is 5. The summed E-state index contributed by atoms with van der Waals surface area (Å²) in [4.78, 5) is 11.5. The van der Waals surface area contributed by atoms with Crippen LogP contribution in [0.25, 0.3) is 11.1 Å². The Morgan fingerprint density at radius 2 is 2.04 bits per heavy atom. The first-order valence-electron chi connectivity index (χ1n) is 9.47. The lowest BCUT2D eigenvalue weighted by molar-refractivity contribution is 0.503. The minimum Gasteiger partial charge on any atom is -0.423 e. The van der Waals surface area contributed by atoms with Crippen LogP contribution >= 0.6 is 12.1 Å². The number of oxazole rings is 1. The second-order valence-corrected chi connectivity index (χ2v) is 7.70. The SMILES string of the molecule is CCc1cccc(NSN2CCCN(c3nc4cc(C)ccc4o3)CC2)n1. The predicted octanol–water partition coefficient (Wildman–Crippen LogP) is 4.28. The fourth-order valence-corrected chi connectivity index (χ4v) is 3.91. The highest BCUT2D eigenvalue weighted by atomic mass is 32.2. The first-order valence-corrected chi connectivity index (χ1v) is 10.2. The van der Waals surface area contributed by atoms with Gasteiger partial charge in [-0.15, -0.1) is 0 Å². The number of nitrogens with one attached hydrogen (secondary N) is 1. The van der Waals surface area contributed by atoms with Crippen molar-refractivity contribution in [3.63, 3.8) is 0 Å². The number of aryl methyl sites for hydroxylation is 2. The van der Waals surface area contributed by atoms with Gasteiger partial charge in [0.15, 0.2) is 5.58 Å². The van der Waals surface area contributed by atoms with Gasteiger partial charge in [-0.25, -0.2) is 9.29 Å². The van der Waals surface area contributed by atoms with Crippen LogP contribution in [0, 0.1) is 6.92 Å². The van der Waals surface area contributed by atoms with E-state index in [1.807, 2.05) is 18.2 Å². The third-order valence-corrected chi connectivity index (χ3v) is 5.63. The Kier molecular flexibility index (Phi) is 5.50. The molecule has 142 valence electrons. The lowest BCUT2D eigenvalue weighted by atomic mass is 10.2. The van der Waals surface area contributed by atoms with E-state index in [9.17, 15) is 0 Å². The molecule has 0 unspecified atom stereocenters. The van der Waals surface area contributed by atoms with Crippen LogP contribution in [0.4, 0.5) is 11.8 Å². The summed E-state index contributed by atoms with van der Waals surface area (Å²) in [7, 11) is 0. The van der Waals surface area contributed by atoms with Crippen LogP contribution in [0.2, 0.25) is 0 Å². The van der Waals surface area contributed by atoms with Crippen molar-refractivity contribution in [2.24, 2.45) is 0 Å². The van der Waals surface area contributed by atoms with Crippen molar-refractivity contribution < 1.29 is 4.42 Å². The maximum Gasteiger partial charge on any atom is 0.298 e. The van der Waals surface area contributed by atoms with Gasteiger partial charge in [0.1, 0.15) is 11.3 Å². The second kappa shape index (κ2) is 8.19. The Balaban J connectivity index is 1.36. The highest BCUT2D eigenvalue weighted by molar-refractivity contribution is 7.98. The van der Waals surface area contributed by atoms with Crippen molar-refractivity contribution >= 4 is 35.1 Å². The predicted molar refractivity (Wildman–Crippen MR) is 112 cm³/mol. The highest BCUT2D eigenvalue weighted by Gasteiger charge is 2.19. The van der Waals surface area contributed by atoms with E-state index in [2.05, 4.69) is 55.9 Å². The number of pyridine rings is 1. The fourth-order valence-electron chi connectivity index (χ4n) is 3.18. The zero-order chi connectivity index (χ0) is 18.6. The molecule has 1 fully saturated rings. The molecule has 1 aliphatic heterocycles.